The highest BCUT2D eigenvalue weighted by Crippen LogP contribution is 2.44. The van der Waals surface area contributed by atoms with Crippen LogP contribution in [0.2, 0.25) is 0 Å². The summed E-state index contributed by atoms with van der Waals surface area (Å²) in [7, 11) is 0. The molecule has 8 N–H and O–H groups in total. The number of H-pyrrole nitrogens is 3. The predicted molar refractivity (Wildman–Crippen MR) is 447 cm³/mol. The maximum Gasteiger partial charge on any atom is 0.315 e. The Morgan fingerprint density at radius 3 is 1.48 bits per heavy atom. The molecule has 0 aliphatic rings. The fourth-order valence-electron chi connectivity index (χ4n) is 13.0. The number of carbonyl (C=O) groups excluding carboxylic acids is 6. The highest BCUT2D eigenvalue weighted by Gasteiger charge is 2.32. The highest BCUT2D eigenvalue weighted by molar-refractivity contribution is 6.32. The minimum absolute atomic E-state index is 0.0674. The number of fused-ring (bicyclic) bond motifs is 3. The Hall–Kier alpha value is -13.9. The fraction of sp³-hybridized carbons (Fsp3) is 0.224. The van der Waals surface area contributed by atoms with E-state index >= 15 is 13.2 Å². The minimum atomic E-state index is -0.832. The third-order valence-corrected chi connectivity index (χ3v) is 20.0. The number of aromatic amines is 3. The lowest BCUT2D eigenvalue weighted by molar-refractivity contribution is -0.116. The fourth-order valence-corrected chi connectivity index (χ4v) is 13.2. The number of rotatable bonds is 23. The Bertz CT molecular complexity index is 6630. The van der Waals surface area contributed by atoms with Crippen molar-refractivity contribution in [2.45, 2.75) is 110 Å². The van der Waals surface area contributed by atoms with Crippen LogP contribution >= 0.6 is 34.8 Å². The van der Waals surface area contributed by atoms with Crippen molar-refractivity contribution in [1.29, 1.82) is 0 Å². The van der Waals surface area contributed by atoms with Crippen LogP contribution in [0.3, 0.4) is 0 Å². The van der Waals surface area contributed by atoms with Gasteiger partial charge in [0.25, 0.3) is 0 Å². The van der Waals surface area contributed by atoms with Crippen LogP contribution in [0.1, 0.15) is 135 Å². The van der Waals surface area contributed by atoms with Crippen molar-refractivity contribution < 1.29 is 55.5 Å². The molecule has 6 amide bonds. The SMILES string of the molecule is C[C@@H](Cl)C(=O)Nc1cccc(-c2nc3c(-c4cc(F)c(CNC(=O)c5nc(C(C)(C)C)no5)cc4N(C(=O)CCl)c4cccc(-c5nc6c(-c7ccc(CNC(=O)c8nc(C(C)(C)C)no8)c(F)c7)cc(-c7ccc(-c8nc9c(-c%10ccc(CNC(=O)c%11nc(C(C)(C)C)no%11)c(F)c%10)ccnc9[nH]8)c(NC(=O)CCl)c7)nc6[nH]5)c4)ccnc3[nH]2)c1. The topological polar surface area (TPSA) is 407 Å². The zero-order chi connectivity index (χ0) is 85.7. The number of halogens is 6. The first kappa shape index (κ1) is 82.2. The van der Waals surface area contributed by atoms with Crippen LogP contribution in [0.4, 0.5) is 35.9 Å². The molecule has 0 fully saturated rings. The van der Waals surface area contributed by atoms with Gasteiger partial charge in [0.2, 0.25) is 17.7 Å². The number of nitrogens with one attached hydrogen (secondary N) is 8. The van der Waals surface area contributed by atoms with E-state index in [0.29, 0.717) is 84.4 Å². The van der Waals surface area contributed by atoms with Gasteiger partial charge in [-0.15, -0.1) is 34.8 Å². The van der Waals surface area contributed by atoms with Crippen molar-refractivity contribution in [2.24, 2.45) is 0 Å². The molecule has 6 aromatic carbocycles. The molecule has 0 spiro atoms. The second-order valence-electron chi connectivity index (χ2n) is 31.3. The number of hydrogen-bond acceptors (Lipinski definition) is 21. The lowest BCUT2D eigenvalue weighted by Crippen LogP contribution is -2.28. The Balaban J connectivity index is 0.813. The molecule has 9 heterocycles. The third-order valence-electron chi connectivity index (χ3n) is 19.3. The number of carbonyl (C=O) groups is 6. The molecule has 30 nitrogen and oxygen atoms in total. The first-order valence-corrected chi connectivity index (χ1v) is 39.2. The van der Waals surface area contributed by atoms with E-state index in [4.69, 9.17) is 68.3 Å². The first-order valence-electron chi connectivity index (χ1n) is 37.7. The number of amides is 6. The minimum Gasteiger partial charge on any atom is -0.344 e. The summed E-state index contributed by atoms with van der Waals surface area (Å²) in [6, 6.07) is 35.0. The van der Waals surface area contributed by atoms with E-state index in [1.807, 2.05) is 62.3 Å². The van der Waals surface area contributed by atoms with Crippen LogP contribution in [-0.4, -0.2) is 128 Å². The summed E-state index contributed by atoms with van der Waals surface area (Å²) in [5.41, 5.74) is 4.89. The summed E-state index contributed by atoms with van der Waals surface area (Å²) in [5.74, 6) is -6.49. The summed E-state index contributed by atoms with van der Waals surface area (Å²) in [6.45, 7) is 17.3. The monoisotopic (exact) mass is 1690 g/mol. The van der Waals surface area contributed by atoms with Crippen LogP contribution in [0.15, 0.2) is 159 Å². The molecule has 0 saturated heterocycles. The molecule has 15 rings (SSSR count). The lowest BCUT2D eigenvalue weighted by atomic mass is 9.96. The molecule has 121 heavy (non-hydrogen) atoms. The van der Waals surface area contributed by atoms with Gasteiger partial charge < -0.3 is 55.1 Å². The number of alkyl halides is 3. The number of pyridine rings is 3. The molecule has 0 unspecified atom stereocenters. The molecule has 0 bridgehead atoms. The zero-order valence-electron chi connectivity index (χ0n) is 66.2. The Kier molecular flexibility index (Phi) is 22.5. The smallest absolute Gasteiger partial charge is 0.315 e. The molecule has 9 aromatic heterocycles. The second kappa shape index (κ2) is 33.1. The van der Waals surface area contributed by atoms with Crippen LogP contribution in [0.5, 0.6) is 0 Å². The average molecular weight is 1700 g/mol. The van der Waals surface area contributed by atoms with Crippen molar-refractivity contribution in [3.8, 4) is 78.8 Å². The summed E-state index contributed by atoms with van der Waals surface area (Å²) in [4.78, 5) is 134. The predicted octanol–water partition coefficient (Wildman–Crippen LogP) is 16.1. The Morgan fingerprint density at radius 2 is 0.942 bits per heavy atom. The third kappa shape index (κ3) is 17.4. The van der Waals surface area contributed by atoms with Gasteiger partial charge in [0.15, 0.2) is 34.4 Å². The van der Waals surface area contributed by atoms with Crippen molar-refractivity contribution in [3.05, 3.63) is 215 Å². The van der Waals surface area contributed by atoms with Gasteiger partial charge in [-0.3, -0.25) is 33.7 Å². The van der Waals surface area contributed by atoms with Crippen LogP contribution < -0.4 is 31.5 Å². The maximum absolute atomic E-state index is 17.3. The summed E-state index contributed by atoms with van der Waals surface area (Å²) in [6.07, 6.45) is 3.00. The molecule has 15 aromatic rings. The van der Waals surface area contributed by atoms with E-state index in [9.17, 15) is 28.8 Å². The summed E-state index contributed by atoms with van der Waals surface area (Å²) >= 11 is 18.9. The van der Waals surface area contributed by atoms with Gasteiger partial charge in [-0.2, -0.15) is 15.0 Å². The van der Waals surface area contributed by atoms with Gasteiger partial charge in [-0.1, -0.05) is 132 Å². The molecular weight excluding hydrogens is 1620 g/mol. The number of nitrogens with zero attached hydrogens (tertiary/aromatic N) is 13. The van der Waals surface area contributed by atoms with Crippen LogP contribution in [0, 0.1) is 17.5 Å². The van der Waals surface area contributed by atoms with E-state index in [1.165, 1.54) is 53.7 Å². The summed E-state index contributed by atoms with van der Waals surface area (Å²) in [5, 5.41) is 24.6. The molecule has 0 aliphatic carbocycles. The van der Waals surface area contributed by atoms with E-state index in [-0.39, 0.29) is 116 Å². The van der Waals surface area contributed by atoms with E-state index < -0.39 is 92.8 Å². The average Bonchev–Trinajstić information content (AvgIpc) is 1.72. The van der Waals surface area contributed by atoms with Crippen molar-refractivity contribution >= 4 is 126 Å². The summed E-state index contributed by atoms with van der Waals surface area (Å²) < 4.78 is 65.9. The van der Waals surface area contributed by atoms with E-state index in [0.717, 1.165) is 0 Å². The van der Waals surface area contributed by atoms with E-state index in [2.05, 4.69) is 81.9 Å². The molecule has 0 radical (unpaired) electrons. The lowest BCUT2D eigenvalue weighted by Gasteiger charge is -2.26. The molecule has 614 valence electrons. The number of hydrogen-bond donors (Lipinski definition) is 8. The maximum atomic E-state index is 17.3. The van der Waals surface area contributed by atoms with Gasteiger partial charge in [-0.25, -0.2) is 43.1 Å². The van der Waals surface area contributed by atoms with E-state index in [1.54, 1.807) is 104 Å². The number of aromatic nitrogens is 15. The first-order chi connectivity index (χ1) is 57.7. The molecule has 1 atom stereocenters. The van der Waals surface area contributed by atoms with Gasteiger partial charge >= 0.3 is 35.4 Å². The number of imidazole rings is 3. The Labute approximate surface area is 701 Å². The largest absolute Gasteiger partial charge is 0.344 e. The van der Waals surface area contributed by atoms with Crippen molar-refractivity contribution in [2.75, 3.05) is 27.3 Å². The van der Waals surface area contributed by atoms with Crippen molar-refractivity contribution in [3.63, 3.8) is 0 Å². The quantitative estimate of drug-likeness (QED) is 0.0276. The van der Waals surface area contributed by atoms with Gasteiger partial charge in [0, 0.05) is 121 Å². The van der Waals surface area contributed by atoms with Crippen LogP contribution in [0.25, 0.3) is 112 Å². The molecule has 0 aliphatic heterocycles. The van der Waals surface area contributed by atoms with Crippen molar-refractivity contribution in [1.82, 2.24) is 91.2 Å². The van der Waals surface area contributed by atoms with Gasteiger partial charge in [0.1, 0.15) is 68.6 Å². The van der Waals surface area contributed by atoms with Gasteiger partial charge in [0.05, 0.1) is 17.1 Å². The molecular formula is C85H73Cl3F3N21O9. The Morgan fingerprint density at radius 1 is 0.455 bits per heavy atom. The standard InChI is InChI=1S/C85H73Cl3F3N21O9/c1-40(88)73(115)97-49-15-11-13-44(27-49)67-100-65-52(24-26-93-71(65)103-67)55-33-58(91)48(39-96-76(118)79-108-82(111-121-79)85(8,9)10)32-61(55)112(63(114)36-87)50-16-12-14-45(28-50)68-101-66-54(42-18-20-47(57(90)30-42)38-95-75(117)78-107-81(110-120-78)84(5,6)7)34-59(99-72(66)104-68)43-21-22-53(60(31-43)98-62(113)35-86)69-102-64-51(23-25-92-70(64)105-69)41-17-19-46(56(89)29-41)37-94-74(116)77-106-80(109-119-77)83(2,3)4/h11-34,40H,35-39H2,1-10H3,(H,94,116)(H,95,117)(H,96,118)(H,97,115)(H,98,113)(H,92,102,105)(H,93,100,103)(H,99,101,104)/t40-/m1/s1. The highest BCUT2D eigenvalue weighted by atomic mass is 35.5. The molecule has 36 heteroatoms. The molecule has 0 saturated carbocycles. The number of anilines is 4. The zero-order valence-corrected chi connectivity index (χ0v) is 68.5. The number of benzene rings is 6. The van der Waals surface area contributed by atoms with Crippen LogP contribution in [-0.2, 0) is 50.3 Å². The second-order valence-corrected chi connectivity index (χ2v) is 32.5. The normalized spacial score (nSPS) is 12.1. The van der Waals surface area contributed by atoms with Gasteiger partial charge in [-0.05, 0) is 96.9 Å².